The van der Waals surface area contributed by atoms with E-state index in [-0.39, 0.29) is 5.97 Å². The van der Waals surface area contributed by atoms with Crippen LogP contribution >= 0.6 is 0 Å². The molecule has 0 N–H and O–H groups in total. The molecule has 0 unspecified atom stereocenters. The number of benzene rings is 1. The van der Waals surface area contributed by atoms with E-state index in [0.717, 1.165) is 5.56 Å². The predicted molar refractivity (Wildman–Crippen MR) is 67.6 cm³/mol. The third-order valence-electron chi connectivity index (χ3n) is 3.41. The topological polar surface area (TPSA) is 26.3 Å². The maximum absolute atomic E-state index is 11.7. The Bertz CT molecular complexity index is 370. The van der Waals surface area contributed by atoms with E-state index in [2.05, 4.69) is 6.07 Å². The van der Waals surface area contributed by atoms with Crippen molar-refractivity contribution >= 4 is 16.5 Å². The highest BCUT2D eigenvalue weighted by atomic mass is 28.2. The van der Waals surface area contributed by atoms with E-state index in [0.29, 0.717) is 16.4 Å². The summed E-state index contributed by atoms with van der Waals surface area (Å²) >= 11 is 0. The summed E-state index contributed by atoms with van der Waals surface area (Å²) in [4.78, 5) is 11.7. The van der Waals surface area contributed by atoms with Crippen molar-refractivity contribution in [3.05, 3.63) is 35.4 Å². The molecule has 0 aliphatic heterocycles. The molecule has 1 aliphatic rings. The molecule has 16 heavy (non-hydrogen) atoms. The van der Waals surface area contributed by atoms with Gasteiger partial charge < -0.3 is 4.43 Å². The number of hydrogen-bond acceptors (Lipinski definition) is 2. The largest absolute Gasteiger partial charge is 0.525 e. The van der Waals surface area contributed by atoms with Crippen LogP contribution in [0.3, 0.4) is 0 Å². The van der Waals surface area contributed by atoms with Gasteiger partial charge in [-0.25, -0.2) is 4.79 Å². The molecule has 2 nitrogen and oxygen atoms in total. The van der Waals surface area contributed by atoms with E-state index in [1.165, 1.54) is 37.7 Å². The molecule has 0 spiro atoms. The van der Waals surface area contributed by atoms with E-state index in [1.807, 2.05) is 18.2 Å². The Balaban J connectivity index is 2.28. The fourth-order valence-corrected chi connectivity index (χ4v) is 2.78. The summed E-state index contributed by atoms with van der Waals surface area (Å²) in [6.45, 7) is 0. The lowest BCUT2D eigenvalue weighted by Crippen LogP contribution is -2.12. The second-order valence-electron chi connectivity index (χ2n) is 4.41. The van der Waals surface area contributed by atoms with Crippen molar-refractivity contribution in [3.63, 3.8) is 0 Å². The highest BCUT2D eigenvalue weighted by Crippen LogP contribution is 2.34. The van der Waals surface area contributed by atoms with Gasteiger partial charge in [0.2, 0.25) is 10.5 Å². The average molecular weight is 234 g/mol. The van der Waals surface area contributed by atoms with E-state index in [4.69, 9.17) is 4.43 Å². The van der Waals surface area contributed by atoms with Gasteiger partial charge in [-0.2, -0.15) is 0 Å². The summed E-state index contributed by atoms with van der Waals surface area (Å²) < 4.78 is 4.97. The molecule has 1 aliphatic carbocycles. The van der Waals surface area contributed by atoms with Crippen molar-refractivity contribution in [3.8, 4) is 0 Å². The molecule has 0 radical (unpaired) electrons. The Kier molecular flexibility index (Phi) is 3.77. The molecule has 1 fully saturated rings. The van der Waals surface area contributed by atoms with Gasteiger partial charge in [-0.3, -0.25) is 0 Å². The molecule has 1 aromatic carbocycles. The Morgan fingerprint density at radius 3 is 2.56 bits per heavy atom. The van der Waals surface area contributed by atoms with Crippen molar-refractivity contribution in [2.75, 3.05) is 0 Å². The van der Waals surface area contributed by atoms with Crippen LogP contribution in [0.5, 0.6) is 0 Å². The van der Waals surface area contributed by atoms with Crippen molar-refractivity contribution in [2.45, 2.75) is 38.0 Å². The molecule has 2 rings (SSSR count). The van der Waals surface area contributed by atoms with Crippen LogP contribution in [0.4, 0.5) is 0 Å². The normalized spacial score (nSPS) is 17.2. The Morgan fingerprint density at radius 1 is 1.19 bits per heavy atom. The van der Waals surface area contributed by atoms with Crippen molar-refractivity contribution in [2.24, 2.45) is 0 Å². The molecule has 0 aromatic heterocycles. The van der Waals surface area contributed by atoms with Crippen LogP contribution in [0.15, 0.2) is 24.3 Å². The highest BCUT2D eigenvalue weighted by molar-refractivity contribution is 6.09. The summed E-state index contributed by atoms with van der Waals surface area (Å²) in [5.41, 5.74) is 1.98. The van der Waals surface area contributed by atoms with Crippen molar-refractivity contribution < 1.29 is 9.22 Å². The zero-order chi connectivity index (χ0) is 11.4. The van der Waals surface area contributed by atoms with Crippen LogP contribution in [0.2, 0.25) is 0 Å². The van der Waals surface area contributed by atoms with Crippen LogP contribution in [0.25, 0.3) is 0 Å². The summed E-state index contributed by atoms with van der Waals surface area (Å²) in [6.07, 6.45) is 6.34. The molecule has 0 saturated heterocycles. The van der Waals surface area contributed by atoms with E-state index in [1.54, 1.807) is 0 Å². The van der Waals surface area contributed by atoms with E-state index < -0.39 is 0 Å². The molecule has 0 heterocycles. The second kappa shape index (κ2) is 5.30. The van der Waals surface area contributed by atoms with E-state index >= 15 is 0 Å². The SMILES string of the molecule is O=C(O[SiH3])c1ccccc1C1CCCCC1. The van der Waals surface area contributed by atoms with Gasteiger partial charge in [-0.15, -0.1) is 0 Å². The van der Waals surface area contributed by atoms with Gasteiger partial charge in [0.05, 0.1) is 5.56 Å². The van der Waals surface area contributed by atoms with Crippen molar-refractivity contribution in [1.82, 2.24) is 0 Å². The molecule has 3 heteroatoms. The molecule has 0 atom stereocenters. The monoisotopic (exact) mass is 234 g/mol. The van der Waals surface area contributed by atoms with Crippen LogP contribution in [0.1, 0.15) is 53.9 Å². The first-order valence-electron chi connectivity index (χ1n) is 6.00. The van der Waals surface area contributed by atoms with Crippen LogP contribution in [0, 0.1) is 0 Å². The van der Waals surface area contributed by atoms with Gasteiger partial charge in [-0.05, 0) is 30.4 Å². The molecular formula is C13H18O2Si. The van der Waals surface area contributed by atoms with Crippen LogP contribution in [-0.4, -0.2) is 16.5 Å². The lowest BCUT2D eigenvalue weighted by atomic mass is 9.82. The quantitative estimate of drug-likeness (QED) is 0.733. The van der Waals surface area contributed by atoms with Gasteiger partial charge >= 0.3 is 5.97 Å². The minimum absolute atomic E-state index is 0.146. The highest BCUT2D eigenvalue weighted by Gasteiger charge is 2.20. The van der Waals surface area contributed by atoms with Crippen LogP contribution in [-0.2, 0) is 4.43 Å². The molecule has 86 valence electrons. The second-order valence-corrected chi connectivity index (χ2v) is 4.82. The third-order valence-corrected chi connectivity index (χ3v) is 3.78. The number of hydrogen-bond donors (Lipinski definition) is 0. The summed E-state index contributed by atoms with van der Waals surface area (Å²) in [6, 6.07) is 7.92. The minimum atomic E-state index is -0.146. The zero-order valence-corrected chi connectivity index (χ0v) is 11.7. The Labute approximate surface area is 99.5 Å². The first kappa shape index (κ1) is 11.4. The standard InChI is InChI=1S/C13H18O2Si/c14-13(15-16)12-9-5-4-8-11(12)10-6-2-1-3-7-10/h4-5,8-10H,1-3,6-7H2,16H3. The van der Waals surface area contributed by atoms with Gasteiger partial charge in [0.25, 0.3) is 0 Å². The predicted octanol–water partition coefficient (Wildman–Crippen LogP) is 2.17. The fourth-order valence-electron chi connectivity index (χ4n) is 2.56. The number of rotatable bonds is 2. The zero-order valence-electron chi connectivity index (χ0n) is 9.74. The molecular weight excluding hydrogens is 216 g/mol. The van der Waals surface area contributed by atoms with Crippen molar-refractivity contribution in [1.29, 1.82) is 0 Å². The summed E-state index contributed by atoms with van der Waals surface area (Å²) in [7, 11) is 0.470. The summed E-state index contributed by atoms with van der Waals surface area (Å²) in [5, 5.41) is 0. The summed E-state index contributed by atoms with van der Waals surface area (Å²) in [5.74, 6) is 0.415. The molecule has 1 aromatic rings. The van der Waals surface area contributed by atoms with E-state index in [9.17, 15) is 4.79 Å². The fraction of sp³-hybridized carbons (Fsp3) is 0.462. The Morgan fingerprint density at radius 2 is 1.88 bits per heavy atom. The Hall–Kier alpha value is -1.09. The first-order chi connectivity index (χ1) is 7.83. The smallest absolute Gasteiger partial charge is 0.324 e. The van der Waals surface area contributed by atoms with Gasteiger partial charge in [-0.1, -0.05) is 37.5 Å². The molecule has 0 amide bonds. The lowest BCUT2D eigenvalue weighted by Gasteiger charge is -2.23. The van der Waals surface area contributed by atoms with Crippen LogP contribution < -0.4 is 0 Å². The molecule has 0 bridgehead atoms. The number of carbonyl (C=O) groups excluding carboxylic acids is 1. The lowest BCUT2D eigenvalue weighted by molar-refractivity contribution is 0.0747. The average Bonchev–Trinajstić information content (AvgIpc) is 2.39. The maximum atomic E-state index is 11.7. The third kappa shape index (κ3) is 2.35. The number of carbonyl (C=O) groups is 1. The maximum Gasteiger partial charge on any atom is 0.324 e. The molecule has 1 saturated carbocycles. The van der Waals surface area contributed by atoms with Gasteiger partial charge in [0.15, 0.2) is 0 Å². The van der Waals surface area contributed by atoms with Gasteiger partial charge in [0.1, 0.15) is 0 Å². The van der Waals surface area contributed by atoms with Gasteiger partial charge in [0, 0.05) is 0 Å². The minimum Gasteiger partial charge on any atom is -0.525 e. The first-order valence-corrected chi connectivity index (χ1v) is 6.82.